The molecule has 3 N–H and O–H groups in total. The van der Waals surface area contributed by atoms with Crippen molar-refractivity contribution in [2.45, 2.75) is 18.6 Å². The number of primary amides is 1. The third kappa shape index (κ3) is 4.80. The minimum Gasteiger partial charge on any atom is -0.378 e. The van der Waals surface area contributed by atoms with Gasteiger partial charge in [-0.05, 0) is 43.3 Å². The molecule has 0 radical (unpaired) electrons. The summed E-state index contributed by atoms with van der Waals surface area (Å²) in [5.41, 5.74) is 8.09. The second-order valence-electron chi connectivity index (χ2n) is 6.74. The predicted octanol–water partition coefficient (Wildman–Crippen LogP) is 2.86. The van der Waals surface area contributed by atoms with Gasteiger partial charge in [0.15, 0.2) is 11.0 Å². The lowest BCUT2D eigenvalue weighted by atomic mass is 10.1. The Balaban J connectivity index is 1.70. The molecule has 156 valence electrons. The third-order valence-corrected chi connectivity index (χ3v) is 5.44. The zero-order chi connectivity index (χ0) is 21.7. The molecule has 0 bridgehead atoms. The van der Waals surface area contributed by atoms with Gasteiger partial charge in [0.05, 0.1) is 17.0 Å². The number of hydrogen-bond donors (Lipinski definition) is 2. The Morgan fingerprint density at radius 1 is 1.10 bits per heavy atom. The Morgan fingerprint density at radius 2 is 1.80 bits per heavy atom. The molecular formula is C21H24N6O2S. The van der Waals surface area contributed by atoms with E-state index in [1.54, 1.807) is 24.3 Å². The van der Waals surface area contributed by atoms with Crippen LogP contribution in [0.5, 0.6) is 0 Å². The first-order chi connectivity index (χ1) is 14.4. The minimum absolute atomic E-state index is 0.130. The highest BCUT2D eigenvalue weighted by atomic mass is 32.2. The Hall–Kier alpha value is -3.33. The number of thioether (sulfide) groups is 1. The monoisotopic (exact) mass is 424 g/mol. The molecule has 30 heavy (non-hydrogen) atoms. The normalized spacial score (nSPS) is 10.6. The largest absolute Gasteiger partial charge is 0.378 e. The van der Waals surface area contributed by atoms with E-state index in [0.717, 1.165) is 17.1 Å². The first-order valence-electron chi connectivity index (χ1n) is 9.43. The number of hydrogen-bond acceptors (Lipinski definition) is 6. The number of nitrogens with one attached hydrogen (secondary N) is 1. The van der Waals surface area contributed by atoms with Gasteiger partial charge in [0.1, 0.15) is 0 Å². The summed E-state index contributed by atoms with van der Waals surface area (Å²) in [4.78, 5) is 25.9. The number of carbonyl (C=O) groups excluding carboxylic acids is 2. The van der Waals surface area contributed by atoms with Gasteiger partial charge >= 0.3 is 0 Å². The van der Waals surface area contributed by atoms with E-state index in [2.05, 4.69) is 15.5 Å². The average molecular weight is 425 g/mol. The highest BCUT2D eigenvalue weighted by Crippen LogP contribution is 2.26. The van der Waals surface area contributed by atoms with E-state index in [9.17, 15) is 9.59 Å². The van der Waals surface area contributed by atoms with Crippen molar-refractivity contribution in [3.63, 3.8) is 0 Å². The van der Waals surface area contributed by atoms with Crippen molar-refractivity contribution in [1.29, 1.82) is 0 Å². The van der Waals surface area contributed by atoms with Gasteiger partial charge in [-0.3, -0.25) is 9.59 Å². The first kappa shape index (κ1) is 21.4. The molecule has 2 aromatic carbocycles. The Kier molecular flexibility index (Phi) is 6.73. The maximum absolute atomic E-state index is 12.4. The van der Waals surface area contributed by atoms with Crippen LogP contribution < -0.4 is 16.0 Å². The van der Waals surface area contributed by atoms with Crippen LogP contribution in [0.4, 0.5) is 11.4 Å². The number of nitrogens with zero attached hydrogens (tertiary/aromatic N) is 4. The molecule has 0 saturated carbocycles. The molecule has 2 amide bonds. The van der Waals surface area contributed by atoms with Crippen LogP contribution in [0.25, 0.3) is 11.4 Å². The molecule has 0 saturated heterocycles. The molecular weight excluding hydrogens is 400 g/mol. The summed E-state index contributed by atoms with van der Waals surface area (Å²) in [5, 5.41) is 12.0. The van der Waals surface area contributed by atoms with Crippen molar-refractivity contribution < 1.29 is 9.59 Å². The number of amides is 2. The maximum Gasteiger partial charge on any atom is 0.250 e. The maximum atomic E-state index is 12.4. The molecule has 0 aliphatic rings. The molecule has 3 aromatic rings. The van der Waals surface area contributed by atoms with Crippen molar-refractivity contribution in [2.75, 3.05) is 30.1 Å². The molecule has 0 fully saturated rings. The molecule has 0 atom stereocenters. The second kappa shape index (κ2) is 9.45. The highest BCUT2D eigenvalue weighted by Gasteiger charge is 2.16. The van der Waals surface area contributed by atoms with Crippen LogP contribution in [0.3, 0.4) is 0 Å². The molecule has 9 heteroatoms. The molecule has 8 nitrogen and oxygen atoms in total. The fraction of sp³-hybridized carbons (Fsp3) is 0.238. The van der Waals surface area contributed by atoms with Crippen molar-refractivity contribution >= 4 is 35.0 Å². The summed E-state index contributed by atoms with van der Waals surface area (Å²) in [6.45, 7) is 2.68. The van der Waals surface area contributed by atoms with Crippen LogP contribution in [0.15, 0.2) is 53.7 Å². The standard InChI is InChI=1S/C21H24N6O2S/c1-4-27-20(14-9-11-15(12-10-14)26(2)3)24-25-21(27)30-13-18(28)23-17-8-6-5-7-16(17)19(22)29/h5-12H,4,13H2,1-3H3,(H2,22,29)(H,23,28). The van der Waals surface area contributed by atoms with Gasteiger partial charge in [0.2, 0.25) is 5.91 Å². The van der Waals surface area contributed by atoms with E-state index in [-0.39, 0.29) is 17.2 Å². The lowest BCUT2D eigenvalue weighted by Gasteiger charge is -2.13. The van der Waals surface area contributed by atoms with Crippen molar-refractivity contribution in [2.24, 2.45) is 5.73 Å². The van der Waals surface area contributed by atoms with E-state index < -0.39 is 5.91 Å². The fourth-order valence-corrected chi connectivity index (χ4v) is 3.73. The molecule has 0 aliphatic heterocycles. The Bertz CT molecular complexity index is 1050. The van der Waals surface area contributed by atoms with Gasteiger partial charge < -0.3 is 20.5 Å². The first-order valence-corrected chi connectivity index (χ1v) is 10.4. The molecule has 1 heterocycles. The topological polar surface area (TPSA) is 106 Å². The Morgan fingerprint density at radius 3 is 2.43 bits per heavy atom. The van der Waals surface area contributed by atoms with E-state index >= 15 is 0 Å². The summed E-state index contributed by atoms with van der Waals surface area (Å²) >= 11 is 1.29. The van der Waals surface area contributed by atoms with Gasteiger partial charge in [-0.1, -0.05) is 23.9 Å². The number of aromatic nitrogens is 3. The van der Waals surface area contributed by atoms with Gasteiger partial charge in [-0.15, -0.1) is 10.2 Å². The van der Waals surface area contributed by atoms with E-state index in [1.165, 1.54) is 11.8 Å². The Labute approximate surface area is 179 Å². The van der Waals surface area contributed by atoms with Crippen LogP contribution in [0.2, 0.25) is 0 Å². The second-order valence-corrected chi connectivity index (χ2v) is 7.68. The van der Waals surface area contributed by atoms with Gasteiger partial charge in [0.25, 0.3) is 5.91 Å². The summed E-state index contributed by atoms with van der Waals surface area (Å²) in [6.07, 6.45) is 0. The van der Waals surface area contributed by atoms with E-state index in [1.807, 2.05) is 54.8 Å². The van der Waals surface area contributed by atoms with Crippen LogP contribution in [0.1, 0.15) is 17.3 Å². The smallest absolute Gasteiger partial charge is 0.250 e. The molecule has 0 unspecified atom stereocenters. The number of para-hydroxylation sites is 1. The molecule has 0 spiro atoms. The number of nitrogens with two attached hydrogens (primary N) is 1. The zero-order valence-corrected chi connectivity index (χ0v) is 17.9. The van der Waals surface area contributed by atoms with E-state index in [0.29, 0.717) is 17.4 Å². The quantitative estimate of drug-likeness (QED) is 0.539. The summed E-state index contributed by atoms with van der Waals surface area (Å²) in [6, 6.07) is 14.7. The van der Waals surface area contributed by atoms with Crippen LogP contribution in [-0.2, 0) is 11.3 Å². The fourth-order valence-electron chi connectivity index (χ4n) is 2.93. The third-order valence-electron chi connectivity index (χ3n) is 4.47. The number of carbonyl (C=O) groups is 2. The van der Waals surface area contributed by atoms with E-state index in [4.69, 9.17) is 5.73 Å². The van der Waals surface area contributed by atoms with Crippen molar-refractivity contribution in [1.82, 2.24) is 14.8 Å². The number of anilines is 2. The summed E-state index contributed by atoms with van der Waals surface area (Å²) in [5.74, 6) is 0.0420. The zero-order valence-electron chi connectivity index (χ0n) is 17.1. The number of benzene rings is 2. The summed E-state index contributed by atoms with van der Waals surface area (Å²) < 4.78 is 1.97. The molecule has 1 aromatic heterocycles. The van der Waals surface area contributed by atoms with Crippen LogP contribution >= 0.6 is 11.8 Å². The minimum atomic E-state index is -0.589. The van der Waals surface area contributed by atoms with Crippen LogP contribution in [-0.4, -0.2) is 46.4 Å². The summed E-state index contributed by atoms with van der Waals surface area (Å²) in [7, 11) is 3.98. The number of rotatable bonds is 8. The van der Waals surface area contributed by atoms with Gasteiger partial charge in [-0.2, -0.15) is 0 Å². The van der Waals surface area contributed by atoms with Crippen molar-refractivity contribution in [3.05, 3.63) is 54.1 Å². The lowest BCUT2D eigenvalue weighted by molar-refractivity contribution is -0.113. The average Bonchev–Trinajstić information content (AvgIpc) is 3.15. The SMILES string of the molecule is CCn1c(SCC(=O)Nc2ccccc2C(N)=O)nnc1-c1ccc(N(C)C)cc1. The van der Waals surface area contributed by atoms with Crippen molar-refractivity contribution in [3.8, 4) is 11.4 Å². The molecule has 3 rings (SSSR count). The lowest BCUT2D eigenvalue weighted by Crippen LogP contribution is -2.19. The van der Waals surface area contributed by atoms with Gasteiger partial charge in [0, 0.05) is 31.9 Å². The van der Waals surface area contributed by atoms with Crippen LogP contribution in [0, 0.1) is 0 Å². The highest BCUT2D eigenvalue weighted by molar-refractivity contribution is 7.99. The molecule has 0 aliphatic carbocycles. The predicted molar refractivity (Wildman–Crippen MR) is 120 cm³/mol. The van der Waals surface area contributed by atoms with Gasteiger partial charge in [-0.25, -0.2) is 0 Å².